The maximum absolute atomic E-state index is 12.5. The normalized spacial score (nSPS) is 15.3. The van der Waals surface area contributed by atoms with E-state index in [0.717, 1.165) is 5.39 Å². The molecule has 0 atom stereocenters. The van der Waals surface area contributed by atoms with Crippen molar-refractivity contribution in [3.05, 3.63) is 40.8 Å². The van der Waals surface area contributed by atoms with Gasteiger partial charge in [-0.25, -0.2) is 0 Å². The predicted octanol–water partition coefficient (Wildman–Crippen LogP) is 1.79. The first-order valence-electron chi connectivity index (χ1n) is 7.76. The van der Waals surface area contributed by atoms with Crippen molar-refractivity contribution in [2.75, 3.05) is 33.5 Å². The number of methoxy groups -OCH3 is 1. The van der Waals surface area contributed by atoms with Crippen molar-refractivity contribution < 1.29 is 18.9 Å². The van der Waals surface area contributed by atoms with Crippen molar-refractivity contribution in [2.24, 2.45) is 0 Å². The van der Waals surface area contributed by atoms with Crippen LogP contribution in [-0.4, -0.2) is 44.4 Å². The molecule has 1 aliphatic rings. The van der Waals surface area contributed by atoms with E-state index in [0.29, 0.717) is 50.5 Å². The number of fused-ring (bicyclic) bond motifs is 1. The summed E-state index contributed by atoms with van der Waals surface area (Å²) in [5.41, 5.74) is -0.0348. The molecule has 0 amide bonds. The van der Waals surface area contributed by atoms with Crippen LogP contribution < -0.4 is 10.3 Å². The summed E-state index contributed by atoms with van der Waals surface area (Å²) < 4.78 is 23.3. The Balaban J connectivity index is 1.75. The van der Waals surface area contributed by atoms with Gasteiger partial charge in [0.15, 0.2) is 6.29 Å². The van der Waals surface area contributed by atoms with Gasteiger partial charge in [0.05, 0.1) is 31.8 Å². The highest BCUT2D eigenvalue weighted by Gasteiger charge is 2.16. The van der Waals surface area contributed by atoms with Crippen LogP contribution in [0.1, 0.15) is 6.42 Å². The Labute approximate surface area is 134 Å². The maximum atomic E-state index is 12.5. The molecule has 1 fully saturated rings. The molecule has 6 heteroatoms. The molecular weight excluding hydrogens is 298 g/mol. The fourth-order valence-corrected chi connectivity index (χ4v) is 2.62. The summed E-state index contributed by atoms with van der Waals surface area (Å²) in [5, 5.41) is 1.47. The summed E-state index contributed by atoms with van der Waals surface area (Å²) in [6, 6.07) is 7.43. The molecule has 1 aliphatic heterocycles. The number of pyridine rings is 1. The fourth-order valence-electron chi connectivity index (χ4n) is 2.62. The summed E-state index contributed by atoms with van der Waals surface area (Å²) in [4.78, 5) is 12.5. The Morgan fingerprint density at radius 3 is 2.78 bits per heavy atom. The average molecular weight is 319 g/mol. The number of benzene rings is 1. The van der Waals surface area contributed by atoms with E-state index in [9.17, 15) is 4.79 Å². The minimum atomic E-state index is -0.184. The van der Waals surface area contributed by atoms with Crippen LogP contribution in [0.3, 0.4) is 0 Å². The molecule has 2 aromatic rings. The standard InChI is InChI=1S/C17H21NO5/c1-20-10-8-18-7-5-13-14(17(18)19)3-2-4-15(13)21-9-6-16-22-11-12-23-16/h2-5,7,16H,6,8-12H2,1H3. The van der Waals surface area contributed by atoms with Crippen LogP contribution in [0.5, 0.6) is 5.75 Å². The minimum Gasteiger partial charge on any atom is -0.493 e. The lowest BCUT2D eigenvalue weighted by atomic mass is 10.1. The second-order valence-electron chi connectivity index (χ2n) is 5.33. The third kappa shape index (κ3) is 3.72. The molecule has 1 aromatic carbocycles. The van der Waals surface area contributed by atoms with E-state index in [-0.39, 0.29) is 11.8 Å². The van der Waals surface area contributed by atoms with Crippen LogP contribution in [-0.2, 0) is 20.8 Å². The molecule has 0 unspecified atom stereocenters. The van der Waals surface area contributed by atoms with Crippen molar-refractivity contribution >= 4 is 10.8 Å². The molecule has 1 aromatic heterocycles. The topological polar surface area (TPSA) is 58.9 Å². The van der Waals surface area contributed by atoms with E-state index in [1.54, 1.807) is 17.9 Å². The van der Waals surface area contributed by atoms with Crippen LogP contribution in [0.25, 0.3) is 10.8 Å². The number of rotatable bonds is 7. The summed E-state index contributed by atoms with van der Waals surface area (Å²) in [6.07, 6.45) is 2.26. The van der Waals surface area contributed by atoms with E-state index in [1.165, 1.54) is 0 Å². The maximum Gasteiger partial charge on any atom is 0.258 e. The lowest BCUT2D eigenvalue weighted by Crippen LogP contribution is -2.21. The molecule has 0 bridgehead atoms. The van der Waals surface area contributed by atoms with Crippen LogP contribution in [0.15, 0.2) is 35.3 Å². The third-order valence-corrected chi connectivity index (χ3v) is 3.82. The van der Waals surface area contributed by atoms with Gasteiger partial charge in [-0.1, -0.05) is 6.07 Å². The molecule has 23 heavy (non-hydrogen) atoms. The van der Waals surface area contributed by atoms with Gasteiger partial charge in [0.1, 0.15) is 5.75 Å². The number of nitrogens with zero attached hydrogens (tertiary/aromatic N) is 1. The van der Waals surface area contributed by atoms with E-state index in [2.05, 4.69) is 0 Å². The molecule has 0 saturated carbocycles. The van der Waals surface area contributed by atoms with Crippen LogP contribution in [0.4, 0.5) is 0 Å². The molecule has 3 rings (SSSR count). The van der Waals surface area contributed by atoms with Crippen molar-refractivity contribution in [1.82, 2.24) is 4.57 Å². The van der Waals surface area contributed by atoms with E-state index < -0.39 is 0 Å². The molecule has 6 nitrogen and oxygen atoms in total. The van der Waals surface area contributed by atoms with Crippen molar-refractivity contribution in [1.29, 1.82) is 0 Å². The molecule has 124 valence electrons. The molecule has 0 aliphatic carbocycles. The van der Waals surface area contributed by atoms with Gasteiger partial charge in [0.25, 0.3) is 5.56 Å². The van der Waals surface area contributed by atoms with Gasteiger partial charge < -0.3 is 23.5 Å². The first kappa shape index (κ1) is 16.0. The van der Waals surface area contributed by atoms with Crippen molar-refractivity contribution in [2.45, 2.75) is 19.3 Å². The Kier molecular flexibility index (Phi) is 5.27. The second-order valence-corrected chi connectivity index (χ2v) is 5.33. The molecule has 2 heterocycles. The predicted molar refractivity (Wildman–Crippen MR) is 85.9 cm³/mol. The smallest absolute Gasteiger partial charge is 0.258 e. The number of hydrogen-bond donors (Lipinski definition) is 0. The Morgan fingerprint density at radius 2 is 2.00 bits per heavy atom. The lowest BCUT2D eigenvalue weighted by molar-refractivity contribution is -0.0530. The van der Waals surface area contributed by atoms with Gasteiger partial charge >= 0.3 is 0 Å². The molecule has 0 spiro atoms. The van der Waals surface area contributed by atoms with Gasteiger partial charge in [-0.15, -0.1) is 0 Å². The molecule has 1 saturated heterocycles. The SMILES string of the molecule is COCCn1ccc2c(OCCC3OCCO3)cccc2c1=O. The van der Waals surface area contributed by atoms with E-state index >= 15 is 0 Å². The van der Waals surface area contributed by atoms with Gasteiger partial charge in [-0.2, -0.15) is 0 Å². The zero-order chi connectivity index (χ0) is 16.1. The van der Waals surface area contributed by atoms with Crippen molar-refractivity contribution in [3.8, 4) is 5.75 Å². The minimum absolute atomic E-state index is 0.0348. The molecule has 0 radical (unpaired) electrons. The highest BCUT2D eigenvalue weighted by atomic mass is 16.7. The zero-order valence-electron chi connectivity index (χ0n) is 13.2. The quantitative estimate of drug-likeness (QED) is 0.779. The number of aromatic nitrogens is 1. The van der Waals surface area contributed by atoms with Crippen molar-refractivity contribution in [3.63, 3.8) is 0 Å². The second kappa shape index (κ2) is 7.59. The Morgan fingerprint density at radius 1 is 1.17 bits per heavy atom. The lowest BCUT2D eigenvalue weighted by Gasteiger charge is -2.13. The molecular formula is C17H21NO5. The summed E-state index contributed by atoms with van der Waals surface area (Å²) >= 11 is 0. The van der Waals surface area contributed by atoms with E-state index in [1.807, 2.05) is 24.3 Å². The molecule has 0 N–H and O–H groups in total. The van der Waals surface area contributed by atoms with Crippen LogP contribution >= 0.6 is 0 Å². The van der Waals surface area contributed by atoms with Gasteiger partial charge in [-0.05, 0) is 18.2 Å². The third-order valence-electron chi connectivity index (χ3n) is 3.82. The van der Waals surface area contributed by atoms with Gasteiger partial charge in [0, 0.05) is 31.7 Å². The Bertz CT molecular complexity index is 706. The highest BCUT2D eigenvalue weighted by molar-refractivity contribution is 5.87. The van der Waals surface area contributed by atoms with Gasteiger partial charge in [0.2, 0.25) is 0 Å². The number of hydrogen-bond acceptors (Lipinski definition) is 5. The zero-order valence-corrected chi connectivity index (χ0v) is 13.2. The fraction of sp³-hybridized carbons (Fsp3) is 0.471. The monoisotopic (exact) mass is 319 g/mol. The first-order valence-corrected chi connectivity index (χ1v) is 7.76. The largest absolute Gasteiger partial charge is 0.493 e. The van der Waals surface area contributed by atoms with Crippen LogP contribution in [0, 0.1) is 0 Å². The summed E-state index contributed by atoms with van der Waals surface area (Å²) in [7, 11) is 1.62. The Hall–Kier alpha value is -1.89. The number of ether oxygens (including phenoxy) is 4. The summed E-state index contributed by atoms with van der Waals surface area (Å²) in [5.74, 6) is 0.705. The first-order chi connectivity index (χ1) is 11.3. The van der Waals surface area contributed by atoms with Gasteiger partial charge in [-0.3, -0.25) is 4.79 Å². The highest BCUT2D eigenvalue weighted by Crippen LogP contribution is 2.23. The van der Waals surface area contributed by atoms with Crippen LogP contribution in [0.2, 0.25) is 0 Å². The summed E-state index contributed by atoms with van der Waals surface area (Å²) in [6.45, 7) is 2.80. The average Bonchev–Trinajstić information content (AvgIpc) is 3.08. The van der Waals surface area contributed by atoms with E-state index in [4.69, 9.17) is 18.9 Å².